The predicted octanol–water partition coefficient (Wildman–Crippen LogP) is 4.66. The second-order valence-electron chi connectivity index (χ2n) is 5.67. The number of ketones is 1. The number of rotatable bonds is 4. The smallest absolute Gasteiger partial charge is 0.189 e. The Kier molecular flexibility index (Phi) is 4.13. The topological polar surface area (TPSA) is 59.7 Å². The number of benzene rings is 2. The van der Waals surface area contributed by atoms with Crippen molar-refractivity contribution in [1.29, 1.82) is 0 Å². The number of fused-ring (bicyclic) bond motifs is 1. The van der Waals surface area contributed by atoms with Gasteiger partial charge in [-0.05, 0) is 49.8 Å². The van der Waals surface area contributed by atoms with Gasteiger partial charge in [-0.25, -0.2) is 0 Å². The molecule has 0 radical (unpaired) electrons. The molecule has 0 amide bonds. The molecule has 1 N–H and O–H groups in total. The molecule has 3 aromatic rings. The van der Waals surface area contributed by atoms with Crippen LogP contribution in [0.5, 0.6) is 11.5 Å². The Bertz CT molecular complexity index is 948. The molecular formula is C20H18O4. The zero-order valence-corrected chi connectivity index (χ0v) is 13.8. The van der Waals surface area contributed by atoms with E-state index < -0.39 is 0 Å². The molecule has 0 aliphatic rings. The van der Waals surface area contributed by atoms with E-state index in [0.717, 1.165) is 22.1 Å². The van der Waals surface area contributed by atoms with Crippen LogP contribution in [-0.2, 0) is 0 Å². The summed E-state index contributed by atoms with van der Waals surface area (Å²) in [5.41, 5.74) is 3.11. The molecular weight excluding hydrogens is 304 g/mol. The Morgan fingerprint density at radius 3 is 2.67 bits per heavy atom. The number of hydrogen-bond acceptors (Lipinski definition) is 4. The van der Waals surface area contributed by atoms with Crippen molar-refractivity contribution in [2.45, 2.75) is 13.8 Å². The van der Waals surface area contributed by atoms with Gasteiger partial charge >= 0.3 is 0 Å². The van der Waals surface area contributed by atoms with Crippen molar-refractivity contribution >= 4 is 22.8 Å². The molecule has 4 nitrogen and oxygen atoms in total. The standard InChI is InChI=1S/C20H18O4/c1-12-4-6-15-13(2)19(24-20(15)10-12)9-8-17(21)16-7-5-14(23-3)11-18(16)22/h4-11,22H,1-3H3/b9-8+. The van der Waals surface area contributed by atoms with E-state index in [1.165, 1.54) is 25.3 Å². The summed E-state index contributed by atoms with van der Waals surface area (Å²) >= 11 is 0. The van der Waals surface area contributed by atoms with Gasteiger partial charge in [-0.3, -0.25) is 4.79 Å². The van der Waals surface area contributed by atoms with Crippen LogP contribution in [0, 0.1) is 13.8 Å². The van der Waals surface area contributed by atoms with Crippen LogP contribution in [0.25, 0.3) is 17.0 Å². The first-order valence-corrected chi connectivity index (χ1v) is 7.59. The van der Waals surface area contributed by atoms with Crippen molar-refractivity contribution in [2.24, 2.45) is 0 Å². The lowest BCUT2D eigenvalue weighted by Crippen LogP contribution is -1.95. The largest absolute Gasteiger partial charge is 0.507 e. The molecule has 0 saturated heterocycles. The van der Waals surface area contributed by atoms with Gasteiger partial charge in [0.05, 0.1) is 12.7 Å². The molecule has 0 saturated carbocycles. The summed E-state index contributed by atoms with van der Waals surface area (Å²) < 4.78 is 10.8. The van der Waals surface area contributed by atoms with Crippen LogP contribution in [0.4, 0.5) is 0 Å². The Morgan fingerprint density at radius 2 is 1.96 bits per heavy atom. The Balaban J connectivity index is 1.90. The fraction of sp³-hybridized carbons (Fsp3) is 0.150. The minimum absolute atomic E-state index is 0.110. The van der Waals surface area contributed by atoms with E-state index in [4.69, 9.17) is 9.15 Å². The van der Waals surface area contributed by atoms with Gasteiger partial charge in [-0.2, -0.15) is 0 Å². The van der Waals surface area contributed by atoms with E-state index in [0.29, 0.717) is 11.5 Å². The number of phenolic OH excluding ortho intramolecular Hbond substituents is 1. The zero-order valence-electron chi connectivity index (χ0n) is 13.8. The molecule has 0 unspecified atom stereocenters. The van der Waals surface area contributed by atoms with E-state index in [9.17, 15) is 9.90 Å². The molecule has 24 heavy (non-hydrogen) atoms. The van der Waals surface area contributed by atoms with Crippen molar-refractivity contribution in [2.75, 3.05) is 7.11 Å². The fourth-order valence-corrected chi connectivity index (χ4v) is 2.60. The van der Waals surface area contributed by atoms with Crippen molar-refractivity contribution in [3.8, 4) is 11.5 Å². The van der Waals surface area contributed by atoms with Crippen LogP contribution < -0.4 is 4.74 Å². The quantitative estimate of drug-likeness (QED) is 0.560. The van der Waals surface area contributed by atoms with Gasteiger partial charge in [0, 0.05) is 17.0 Å². The molecule has 0 fully saturated rings. The SMILES string of the molecule is COc1ccc(C(=O)/C=C/c2oc3cc(C)ccc3c2C)c(O)c1. The molecule has 0 bridgehead atoms. The van der Waals surface area contributed by atoms with Crippen LogP contribution in [0.15, 0.2) is 46.9 Å². The molecule has 1 heterocycles. The highest BCUT2D eigenvalue weighted by Crippen LogP contribution is 2.28. The van der Waals surface area contributed by atoms with Crippen molar-refractivity contribution in [3.05, 3.63) is 64.9 Å². The van der Waals surface area contributed by atoms with E-state index in [1.807, 2.05) is 32.0 Å². The maximum absolute atomic E-state index is 12.3. The van der Waals surface area contributed by atoms with Crippen molar-refractivity contribution < 1.29 is 19.1 Å². The molecule has 0 spiro atoms. The first-order valence-electron chi connectivity index (χ1n) is 7.59. The molecule has 1 aromatic heterocycles. The van der Waals surface area contributed by atoms with Crippen LogP contribution in [-0.4, -0.2) is 18.0 Å². The number of aryl methyl sites for hydroxylation is 2. The van der Waals surface area contributed by atoms with Crippen molar-refractivity contribution in [3.63, 3.8) is 0 Å². The lowest BCUT2D eigenvalue weighted by molar-refractivity contribution is 0.104. The molecule has 122 valence electrons. The van der Waals surface area contributed by atoms with Crippen LogP contribution in [0.2, 0.25) is 0 Å². The summed E-state index contributed by atoms with van der Waals surface area (Å²) in [5.74, 6) is 0.723. The lowest BCUT2D eigenvalue weighted by Gasteiger charge is -2.03. The molecule has 0 aliphatic carbocycles. The number of ether oxygens (including phenoxy) is 1. The van der Waals surface area contributed by atoms with Gasteiger partial charge in [0.1, 0.15) is 22.8 Å². The van der Waals surface area contributed by atoms with Gasteiger partial charge in [0.25, 0.3) is 0 Å². The Hall–Kier alpha value is -3.01. The normalized spacial score (nSPS) is 11.3. The number of aromatic hydroxyl groups is 1. The monoisotopic (exact) mass is 322 g/mol. The van der Waals surface area contributed by atoms with Gasteiger partial charge < -0.3 is 14.3 Å². The van der Waals surface area contributed by atoms with Crippen LogP contribution >= 0.6 is 0 Å². The molecule has 4 heteroatoms. The maximum atomic E-state index is 12.3. The molecule has 0 atom stereocenters. The fourth-order valence-electron chi connectivity index (χ4n) is 2.60. The van der Waals surface area contributed by atoms with E-state index >= 15 is 0 Å². The molecule has 0 aliphatic heterocycles. The summed E-state index contributed by atoms with van der Waals surface area (Å²) in [7, 11) is 1.50. The maximum Gasteiger partial charge on any atom is 0.189 e. The van der Waals surface area contributed by atoms with E-state index in [-0.39, 0.29) is 17.1 Å². The number of methoxy groups -OCH3 is 1. The minimum atomic E-state index is -0.300. The molecule has 3 rings (SSSR count). The summed E-state index contributed by atoms with van der Waals surface area (Å²) in [6, 6.07) is 10.6. The lowest BCUT2D eigenvalue weighted by atomic mass is 10.1. The highest BCUT2D eigenvalue weighted by atomic mass is 16.5. The number of phenols is 1. The Morgan fingerprint density at radius 1 is 1.17 bits per heavy atom. The van der Waals surface area contributed by atoms with Gasteiger partial charge in [0.2, 0.25) is 0 Å². The number of furan rings is 1. The second-order valence-corrected chi connectivity index (χ2v) is 5.67. The van der Waals surface area contributed by atoms with Crippen LogP contribution in [0.3, 0.4) is 0 Å². The summed E-state index contributed by atoms with van der Waals surface area (Å²) in [4.78, 5) is 12.3. The first kappa shape index (κ1) is 15.9. The number of carbonyl (C=O) groups is 1. The third-order valence-electron chi connectivity index (χ3n) is 3.99. The minimum Gasteiger partial charge on any atom is -0.507 e. The molecule has 2 aromatic carbocycles. The first-order chi connectivity index (χ1) is 11.5. The predicted molar refractivity (Wildman–Crippen MR) is 93.7 cm³/mol. The average molecular weight is 322 g/mol. The third-order valence-corrected chi connectivity index (χ3v) is 3.99. The highest BCUT2D eigenvalue weighted by molar-refractivity contribution is 6.08. The van der Waals surface area contributed by atoms with Crippen molar-refractivity contribution in [1.82, 2.24) is 0 Å². The number of carbonyl (C=O) groups excluding carboxylic acids is 1. The Labute approximate surface area is 140 Å². The average Bonchev–Trinajstić information content (AvgIpc) is 2.87. The zero-order chi connectivity index (χ0) is 17.3. The summed E-state index contributed by atoms with van der Waals surface area (Å²) in [6.45, 7) is 3.96. The number of allylic oxidation sites excluding steroid dienone is 1. The van der Waals surface area contributed by atoms with Crippen LogP contribution in [0.1, 0.15) is 27.2 Å². The van der Waals surface area contributed by atoms with Gasteiger partial charge in [-0.15, -0.1) is 0 Å². The second kappa shape index (κ2) is 6.24. The van der Waals surface area contributed by atoms with E-state index in [1.54, 1.807) is 12.1 Å². The third kappa shape index (κ3) is 2.91. The number of hydrogen-bond donors (Lipinski definition) is 1. The highest BCUT2D eigenvalue weighted by Gasteiger charge is 2.11. The van der Waals surface area contributed by atoms with Gasteiger partial charge in [0.15, 0.2) is 5.78 Å². The summed E-state index contributed by atoms with van der Waals surface area (Å²) in [5, 5.41) is 11.0. The summed E-state index contributed by atoms with van der Waals surface area (Å²) in [6.07, 6.45) is 3.04. The van der Waals surface area contributed by atoms with E-state index in [2.05, 4.69) is 0 Å². The van der Waals surface area contributed by atoms with Gasteiger partial charge in [-0.1, -0.05) is 12.1 Å².